The van der Waals surface area contributed by atoms with Gasteiger partial charge in [0.25, 0.3) is 0 Å². The Morgan fingerprint density at radius 1 is 1.35 bits per heavy atom. The van der Waals surface area contributed by atoms with Crippen molar-refractivity contribution in [1.82, 2.24) is 14.9 Å². The van der Waals surface area contributed by atoms with E-state index < -0.39 is 22.8 Å². The van der Waals surface area contributed by atoms with E-state index in [0.717, 1.165) is 6.20 Å². The van der Waals surface area contributed by atoms with Crippen molar-refractivity contribution in [1.29, 1.82) is 0 Å². The summed E-state index contributed by atoms with van der Waals surface area (Å²) >= 11 is 0. The zero-order valence-corrected chi connectivity index (χ0v) is 13.5. The van der Waals surface area contributed by atoms with Gasteiger partial charge in [0, 0.05) is 31.9 Å². The maximum Gasteiger partial charge on any atom is 0.341 e. The number of anilines is 1. The molecule has 7 nitrogen and oxygen atoms in total. The fourth-order valence-corrected chi connectivity index (χ4v) is 2.26. The van der Waals surface area contributed by atoms with Crippen molar-refractivity contribution in [2.45, 2.75) is 6.92 Å². The molecule has 23 heavy (non-hydrogen) atoms. The lowest BCUT2D eigenvalue weighted by atomic mass is 10.1. The summed E-state index contributed by atoms with van der Waals surface area (Å²) in [4.78, 5) is 33.7. The first-order valence-corrected chi connectivity index (χ1v) is 7.04. The quantitative estimate of drug-likeness (QED) is 0.856. The molecule has 0 aromatic carbocycles. The lowest BCUT2D eigenvalue weighted by molar-refractivity contribution is 0.0695. The van der Waals surface area contributed by atoms with Crippen LogP contribution in [0.25, 0.3) is 11.0 Å². The normalized spacial score (nSPS) is 11.2. The minimum absolute atomic E-state index is 0.0350. The topological polar surface area (TPSA) is 89.5 Å². The zero-order chi connectivity index (χ0) is 17.3. The van der Waals surface area contributed by atoms with Gasteiger partial charge in [0.15, 0.2) is 11.6 Å². The number of aromatic nitrogens is 2. The van der Waals surface area contributed by atoms with Gasteiger partial charge in [0.2, 0.25) is 5.43 Å². The lowest BCUT2D eigenvalue weighted by Crippen LogP contribution is -2.30. The van der Waals surface area contributed by atoms with Gasteiger partial charge < -0.3 is 19.9 Å². The number of halogens is 1. The highest BCUT2D eigenvalue weighted by molar-refractivity contribution is 5.92. The molecule has 0 saturated heterocycles. The van der Waals surface area contributed by atoms with Gasteiger partial charge in [-0.1, -0.05) is 0 Å². The van der Waals surface area contributed by atoms with E-state index in [1.165, 1.54) is 6.92 Å². The van der Waals surface area contributed by atoms with Crippen molar-refractivity contribution in [3.05, 3.63) is 33.4 Å². The summed E-state index contributed by atoms with van der Waals surface area (Å²) in [5, 5.41) is 8.97. The first kappa shape index (κ1) is 16.9. The van der Waals surface area contributed by atoms with Crippen LogP contribution in [-0.2, 0) is 0 Å². The molecular formula is C15H19FN4O3. The molecule has 124 valence electrons. The standard InChI is InChI=1S/C15H19FN4O3/c1-8-10-12(21)9(15(22)23)7-17-13(10)18-14(11(8)16)20(4)6-5-19(2)3/h7H,5-6H2,1-4H3,(H,22,23)(H,17,18,21). The number of carboxylic acid groups (broad SMARTS) is 1. The van der Waals surface area contributed by atoms with E-state index in [2.05, 4.69) is 9.97 Å². The molecule has 0 fully saturated rings. The number of carbonyl (C=O) groups is 1. The van der Waals surface area contributed by atoms with Gasteiger partial charge in [-0.2, -0.15) is 0 Å². The number of hydrogen-bond donors (Lipinski definition) is 2. The maximum atomic E-state index is 14.6. The van der Waals surface area contributed by atoms with Gasteiger partial charge in [-0.05, 0) is 21.0 Å². The van der Waals surface area contributed by atoms with Crippen LogP contribution >= 0.6 is 0 Å². The van der Waals surface area contributed by atoms with Gasteiger partial charge >= 0.3 is 5.97 Å². The average molecular weight is 322 g/mol. The number of aromatic carboxylic acids is 1. The molecule has 2 aromatic rings. The van der Waals surface area contributed by atoms with E-state index in [-0.39, 0.29) is 22.4 Å². The third-order valence-corrected chi connectivity index (χ3v) is 3.65. The Bertz CT molecular complexity index is 816. The van der Waals surface area contributed by atoms with Crippen LogP contribution in [0.1, 0.15) is 15.9 Å². The molecule has 0 amide bonds. The minimum Gasteiger partial charge on any atom is -0.477 e. The highest BCUT2D eigenvalue weighted by atomic mass is 19.1. The fourth-order valence-electron chi connectivity index (χ4n) is 2.26. The summed E-state index contributed by atoms with van der Waals surface area (Å²) in [7, 11) is 5.53. The molecule has 0 atom stereocenters. The van der Waals surface area contributed by atoms with E-state index in [9.17, 15) is 14.0 Å². The van der Waals surface area contributed by atoms with E-state index >= 15 is 0 Å². The Kier molecular flexibility index (Phi) is 4.65. The van der Waals surface area contributed by atoms with Crippen LogP contribution in [0.2, 0.25) is 0 Å². The molecule has 0 aliphatic carbocycles. The number of H-pyrrole nitrogens is 1. The molecule has 0 aliphatic heterocycles. The largest absolute Gasteiger partial charge is 0.477 e. The summed E-state index contributed by atoms with van der Waals surface area (Å²) in [5.74, 6) is -1.86. The van der Waals surface area contributed by atoms with Crippen LogP contribution < -0.4 is 10.3 Å². The van der Waals surface area contributed by atoms with Gasteiger partial charge in [-0.3, -0.25) is 4.79 Å². The molecule has 0 spiro atoms. The molecule has 2 aromatic heterocycles. The number of carboxylic acids is 1. The van der Waals surface area contributed by atoms with Crippen molar-refractivity contribution >= 4 is 22.8 Å². The summed E-state index contributed by atoms with van der Waals surface area (Å²) in [6.45, 7) is 2.71. The van der Waals surface area contributed by atoms with Crippen LogP contribution in [0.5, 0.6) is 0 Å². The number of pyridine rings is 2. The molecule has 0 unspecified atom stereocenters. The van der Waals surface area contributed by atoms with Gasteiger partial charge in [0.05, 0.1) is 5.39 Å². The van der Waals surface area contributed by atoms with Crippen LogP contribution in [-0.4, -0.2) is 60.2 Å². The third-order valence-electron chi connectivity index (χ3n) is 3.65. The van der Waals surface area contributed by atoms with Gasteiger partial charge in [-0.15, -0.1) is 0 Å². The monoisotopic (exact) mass is 322 g/mol. The van der Waals surface area contributed by atoms with E-state index in [1.54, 1.807) is 11.9 Å². The predicted octanol–water partition coefficient (Wildman–Crippen LogP) is 1.07. The van der Waals surface area contributed by atoms with Crippen LogP contribution in [0.3, 0.4) is 0 Å². The number of aryl methyl sites for hydroxylation is 1. The van der Waals surface area contributed by atoms with Crippen molar-refractivity contribution in [3.8, 4) is 0 Å². The smallest absolute Gasteiger partial charge is 0.341 e. The number of likely N-dealkylation sites (N-methyl/N-ethyl adjacent to an activating group) is 2. The summed E-state index contributed by atoms with van der Waals surface area (Å²) in [5.41, 5.74) is -0.912. The van der Waals surface area contributed by atoms with Crippen molar-refractivity contribution < 1.29 is 14.3 Å². The number of nitrogens with zero attached hydrogens (tertiary/aromatic N) is 3. The Labute approximate surface area is 132 Å². The van der Waals surface area contributed by atoms with Crippen LogP contribution in [0.15, 0.2) is 11.0 Å². The third kappa shape index (κ3) is 3.16. The van der Waals surface area contributed by atoms with E-state index in [4.69, 9.17) is 5.11 Å². The molecule has 0 aliphatic rings. The van der Waals surface area contributed by atoms with E-state index in [1.807, 2.05) is 19.0 Å². The molecule has 2 N–H and O–H groups in total. The number of hydrogen-bond acceptors (Lipinski definition) is 5. The van der Waals surface area contributed by atoms with Crippen molar-refractivity contribution in [2.75, 3.05) is 39.1 Å². The number of fused-ring (bicyclic) bond motifs is 1. The number of aromatic amines is 1. The Balaban J connectivity index is 2.60. The molecular weight excluding hydrogens is 303 g/mol. The second kappa shape index (κ2) is 6.33. The van der Waals surface area contributed by atoms with Gasteiger partial charge in [0.1, 0.15) is 11.2 Å². The molecule has 2 heterocycles. The van der Waals surface area contributed by atoms with Crippen molar-refractivity contribution in [3.63, 3.8) is 0 Å². The Hall–Kier alpha value is -2.48. The van der Waals surface area contributed by atoms with E-state index in [0.29, 0.717) is 13.1 Å². The molecule has 8 heteroatoms. The van der Waals surface area contributed by atoms with Gasteiger partial charge in [-0.25, -0.2) is 14.2 Å². The summed E-state index contributed by atoms with van der Waals surface area (Å²) < 4.78 is 14.6. The van der Waals surface area contributed by atoms with Crippen molar-refractivity contribution in [2.24, 2.45) is 0 Å². The average Bonchev–Trinajstić information content (AvgIpc) is 2.47. The van der Waals surface area contributed by atoms with Crippen LogP contribution in [0.4, 0.5) is 10.2 Å². The molecule has 0 radical (unpaired) electrons. The first-order valence-electron chi connectivity index (χ1n) is 7.04. The molecule has 0 saturated carbocycles. The summed E-state index contributed by atoms with van der Waals surface area (Å²) in [6, 6.07) is 0. The zero-order valence-electron chi connectivity index (χ0n) is 13.5. The second-order valence-electron chi connectivity index (χ2n) is 5.66. The Morgan fingerprint density at radius 2 is 2.00 bits per heavy atom. The highest BCUT2D eigenvalue weighted by Gasteiger charge is 2.20. The number of nitrogens with one attached hydrogen (secondary N) is 1. The molecule has 2 rings (SSSR count). The maximum absolute atomic E-state index is 14.6. The van der Waals surface area contributed by atoms with Crippen LogP contribution in [0, 0.1) is 12.7 Å². The summed E-state index contributed by atoms with van der Waals surface area (Å²) in [6.07, 6.45) is 1.08. The second-order valence-corrected chi connectivity index (χ2v) is 5.66. The first-order chi connectivity index (χ1) is 10.7. The highest BCUT2D eigenvalue weighted by Crippen LogP contribution is 2.23. The minimum atomic E-state index is -1.36. The SMILES string of the molecule is Cc1c(F)c(N(C)CCN(C)C)nc2[nH]cc(C(=O)O)c(=O)c12. The molecule has 0 bridgehead atoms. The lowest BCUT2D eigenvalue weighted by Gasteiger charge is -2.22. The fraction of sp³-hybridized carbons (Fsp3) is 0.400. The number of rotatable bonds is 5. The Morgan fingerprint density at radius 3 is 2.57 bits per heavy atom. The predicted molar refractivity (Wildman–Crippen MR) is 85.8 cm³/mol.